The smallest absolute Gasteiger partial charge is 0.216 e. The highest BCUT2D eigenvalue weighted by Crippen LogP contribution is 2.30. The van der Waals surface area contributed by atoms with E-state index in [1.54, 1.807) is 19.9 Å². The SMILES string of the molecule is CCn1c(-c2nonc2N)nc2c(C#CC(C)(C)O)nc(OC[C@@H](N)Cc3ccc(Cl)cc3)cc21. The molecule has 0 fully saturated rings. The van der Waals surface area contributed by atoms with Crippen LogP contribution in [0.15, 0.2) is 35.0 Å². The Balaban J connectivity index is 1.69. The van der Waals surface area contributed by atoms with Crippen LogP contribution in [0.2, 0.25) is 5.02 Å². The number of imidazole rings is 1. The molecule has 4 aromatic rings. The van der Waals surface area contributed by atoms with Crippen LogP contribution in [0.25, 0.3) is 22.6 Å². The lowest BCUT2D eigenvalue weighted by Gasteiger charge is -2.14. The van der Waals surface area contributed by atoms with Gasteiger partial charge in [0, 0.05) is 23.7 Å². The summed E-state index contributed by atoms with van der Waals surface area (Å²) in [7, 11) is 0. The summed E-state index contributed by atoms with van der Waals surface area (Å²) < 4.78 is 12.6. The topological polar surface area (TPSA) is 151 Å². The highest BCUT2D eigenvalue weighted by Gasteiger charge is 2.22. The first kappa shape index (κ1) is 24.5. The lowest BCUT2D eigenvalue weighted by atomic mass is 10.1. The first-order valence-electron chi connectivity index (χ1n) is 11.0. The number of pyridine rings is 1. The number of benzene rings is 1. The summed E-state index contributed by atoms with van der Waals surface area (Å²) in [6.45, 7) is 5.92. The van der Waals surface area contributed by atoms with Gasteiger partial charge in [0.15, 0.2) is 17.3 Å². The Hall–Kier alpha value is -3.65. The van der Waals surface area contributed by atoms with Crippen molar-refractivity contribution in [2.24, 2.45) is 5.73 Å². The van der Waals surface area contributed by atoms with Crippen LogP contribution >= 0.6 is 11.6 Å². The largest absolute Gasteiger partial charge is 0.476 e. The molecule has 1 aromatic carbocycles. The van der Waals surface area contributed by atoms with Crippen molar-refractivity contribution in [2.45, 2.75) is 45.4 Å². The zero-order valence-electron chi connectivity index (χ0n) is 19.6. The maximum atomic E-state index is 10.1. The number of ether oxygens (including phenoxy) is 1. The predicted molar refractivity (Wildman–Crippen MR) is 133 cm³/mol. The second-order valence-electron chi connectivity index (χ2n) is 8.57. The molecule has 1 atom stereocenters. The van der Waals surface area contributed by atoms with Crippen LogP contribution in [0.3, 0.4) is 0 Å². The number of nitrogens with zero attached hydrogens (tertiary/aromatic N) is 5. The molecular weight excluding hydrogens is 470 g/mol. The van der Waals surface area contributed by atoms with Crippen LogP contribution in [0.1, 0.15) is 32.0 Å². The number of fused-ring (bicyclic) bond motifs is 1. The molecule has 35 heavy (non-hydrogen) atoms. The molecule has 0 saturated heterocycles. The summed E-state index contributed by atoms with van der Waals surface area (Å²) in [4.78, 5) is 9.21. The molecule has 3 aromatic heterocycles. The molecule has 0 unspecified atom stereocenters. The third-order valence-corrected chi connectivity index (χ3v) is 5.35. The Kier molecular flexibility index (Phi) is 6.93. The Morgan fingerprint density at radius 1 is 1.23 bits per heavy atom. The fourth-order valence-electron chi connectivity index (χ4n) is 3.50. The Labute approximate surface area is 207 Å². The van der Waals surface area contributed by atoms with E-state index in [1.807, 2.05) is 35.8 Å². The van der Waals surface area contributed by atoms with Gasteiger partial charge in [-0.1, -0.05) is 29.7 Å². The minimum absolute atomic E-state index is 0.122. The molecule has 0 radical (unpaired) electrons. The monoisotopic (exact) mass is 495 g/mol. The van der Waals surface area contributed by atoms with E-state index in [1.165, 1.54) is 0 Å². The van der Waals surface area contributed by atoms with E-state index < -0.39 is 5.60 Å². The van der Waals surface area contributed by atoms with Gasteiger partial charge in [-0.05, 0) is 61.1 Å². The number of anilines is 1. The average Bonchev–Trinajstić information content (AvgIpc) is 3.39. The number of aryl methyl sites for hydroxylation is 1. The molecule has 182 valence electrons. The van der Waals surface area contributed by atoms with E-state index >= 15 is 0 Å². The summed E-state index contributed by atoms with van der Waals surface area (Å²) >= 11 is 5.96. The Morgan fingerprint density at radius 3 is 2.60 bits per heavy atom. The number of aromatic nitrogens is 5. The molecule has 5 N–H and O–H groups in total. The van der Waals surface area contributed by atoms with E-state index in [2.05, 4.69) is 32.1 Å². The summed E-state index contributed by atoms with van der Waals surface area (Å²) in [5.74, 6) is 6.62. The van der Waals surface area contributed by atoms with Crippen LogP contribution in [0.5, 0.6) is 5.88 Å². The van der Waals surface area contributed by atoms with Crippen molar-refractivity contribution in [3.8, 4) is 29.2 Å². The number of aliphatic hydroxyl groups is 1. The number of hydrogen-bond acceptors (Lipinski definition) is 9. The van der Waals surface area contributed by atoms with E-state index in [0.29, 0.717) is 52.1 Å². The zero-order valence-corrected chi connectivity index (χ0v) is 20.4. The average molecular weight is 496 g/mol. The third kappa shape index (κ3) is 5.71. The molecule has 3 heterocycles. The molecule has 4 rings (SSSR count). The highest BCUT2D eigenvalue weighted by molar-refractivity contribution is 6.30. The lowest BCUT2D eigenvalue weighted by molar-refractivity contribution is 0.143. The molecule has 0 amide bonds. The maximum absolute atomic E-state index is 10.1. The number of halogens is 1. The standard InChI is InChI=1S/C24H26ClN7O3/c1-4-32-18-12-19(34-13-16(26)11-14-5-7-15(25)8-6-14)28-17(9-10-24(2,3)33)20(18)29-23(32)21-22(27)31-35-30-21/h5-8,12,16,33H,4,11,13,26H2,1-3H3,(H2,27,31)/t16-/m0/s1. The maximum Gasteiger partial charge on any atom is 0.216 e. The van der Waals surface area contributed by atoms with Crippen molar-refractivity contribution in [2.75, 3.05) is 12.3 Å². The van der Waals surface area contributed by atoms with Crippen molar-refractivity contribution in [1.82, 2.24) is 24.8 Å². The molecule has 11 heteroatoms. The molecular formula is C24H26ClN7O3. The Morgan fingerprint density at radius 2 is 1.97 bits per heavy atom. The van der Waals surface area contributed by atoms with Gasteiger partial charge >= 0.3 is 0 Å². The first-order chi connectivity index (χ1) is 16.6. The lowest BCUT2D eigenvalue weighted by Crippen LogP contribution is -2.30. The van der Waals surface area contributed by atoms with Crippen molar-refractivity contribution in [1.29, 1.82) is 0 Å². The number of hydrogen-bond donors (Lipinski definition) is 3. The molecule has 10 nitrogen and oxygen atoms in total. The summed E-state index contributed by atoms with van der Waals surface area (Å²) in [5, 5.41) is 18.3. The summed E-state index contributed by atoms with van der Waals surface area (Å²) in [6.07, 6.45) is 0.611. The van der Waals surface area contributed by atoms with E-state index in [9.17, 15) is 5.11 Å². The zero-order chi connectivity index (χ0) is 25.2. The van der Waals surface area contributed by atoms with E-state index in [4.69, 9.17) is 32.4 Å². The van der Waals surface area contributed by atoms with Crippen LogP contribution in [0, 0.1) is 11.8 Å². The number of rotatable bonds is 7. The highest BCUT2D eigenvalue weighted by atomic mass is 35.5. The van der Waals surface area contributed by atoms with Gasteiger partial charge in [0.1, 0.15) is 23.4 Å². The normalized spacial score (nSPS) is 12.4. The van der Waals surface area contributed by atoms with Crippen LogP contribution in [-0.2, 0) is 13.0 Å². The van der Waals surface area contributed by atoms with Gasteiger partial charge in [-0.15, -0.1) is 0 Å². The molecule has 0 spiro atoms. The predicted octanol–water partition coefficient (Wildman–Crippen LogP) is 2.81. The summed E-state index contributed by atoms with van der Waals surface area (Å²) in [6, 6.07) is 9.02. The van der Waals surface area contributed by atoms with Crippen molar-refractivity contribution < 1.29 is 14.5 Å². The third-order valence-electron chi connectivity index (χ3n) is 5.10. The van der Waals surface area contributed by atoms with Gasteiger partial charge < -0.3 is 25.9 Å². The quantitative estimate of drug-likeness (QED) is 0.328. The van der Waals surface area contributed by atoms with Crippen LogP contribution in [0.4, 0.5) is 5.82 Å². The molecule has 0 saturated carbocycles. The van der Waals surface area contributed by atoms with Crippen molar-refractivity contribution >= 4 is 28.5 Å². The summed E-state index contributed by atoms with van der Waals surface area (Å²) in [5.41, 5.74) is 13.9. The Bertz CT molecular complexity index is 1390. The van der Waals surface area contributed by atoms with Crippen molar-refractivity contribution in [3.63, 3.8) is 0 Å². The van der Waals surface area contributed by atoms with E-state index in [-0.39, 0.29) is 18.5 Å². The van der Waals surface area contributed by atoms with Gasteiger partial charge in [0.25, 0.3) is 0 Å². The van der Waals surface area contributed by atoms with Crippen LogP contribution < -0.4 is 16.2 Å². The fraction of sp³-hybridized carbons (Fsp3) is 0.333. The number of nitrogen functional groups attached to an aromatic ring is 1. The van der Waals surface area contributed by atoms with Gasteiger partial charge in [0.2, 0.25) is 5.88 Å². The molecule has 0 aliphatic heterocycles. The minimum atomic E-state index is -1.22. The molecule has 0 aliphatic rings. The fourth-order valence-corrected chi connectivity index (χ4v) is 3.62. The second kappa shape index (κ2) is 9.92. The minimum Gasteiger partial charge on any atom is -0.476 e. The van der Waals surface area contributed by atoms with Gasteiger partial charge in [-0.25, -0.2) is 14.6 Å². The van der Waals surface area contributed by atoms with Gasteiger partial charge in [-0.3, -0.25) is 0 Å². The second-order valence-corrected chi connectivity index (χ2v) is 9.00. The van der Waals surface area contributed by atoms with Gasteiger partial charge in [-0.2, -0.15) is 0 Å². The van der Waals surface area contributed by atoms with Gasteiger partial charge in [0.05, 0.1) is 5.52 Å². The first-order valence-corrected chi connectivity index (χ1v) is 11.4. The van der Waals surface area contributed by atoms with Crippen molar-refractivity contribution in [3.05, 3.63) is 46.6 Å². The van der Waals surface area contributed by atoms with Crippen LogP contribution in [-0.4, -0.2) is 48.2 Å². The number of nitrogens with two attached hydrogens (primary N) is 2. The molecule has 0 bridgehead atoms. The molecule has 0 aliphatic carbocycles. The van der Waals surface area contributed by atoms with E-state index in [0.717, 1.165) is 5.56 Å².